The molecule has 0 saturated carbocycles. The molecular weight excluding hydrogens is 340 g/mol. The number of aromatic nitrogens is 4. The number of likely N-dealkylation sites (tertiary alicyclic amines) is 1. The molecule has 0 aromatic carbocycles. The fourth-order valence-electron chi connectivity index (χ4n) is 4.53. The van der Waals surface area contributed by atoms with Gasteiger partial charge in [-0.25, -0.2) is 9.97 Å². The van der Waals surface area contributed by atoms with Crippen molar-refractivity contribution in [3.8, 4) is 0 Å². The van der Waals surface area contributed by atoms with Gasteiger partial charge in [-0.15, -0.1) is 0 Å². The number of H-pyrrole nitrogens is 1. The summed E-state index contributed by atoms with van der Waals surface area (Å²) in [6.07, 6.45) is 7.89. The van der Waals surface area contributed by atoms with Crippen LogP contribution in [0.5, 0.6) is 0 Å². The first-order chi connectivity index (χ1) is 13.0. The second-order valence-corrected chi connectivity index (χ2v) is 8.19. The average Bonchev–Trinajstić information content (AvgIpc) is 3.15. The van der Waals surface area contributed by atoms with Gasteiger partial charge in [-0.3, -0.25) is 14.7 Å². The van der Waals surface area contributed by atoms with E-state index in [4.69, 9.17) is 4.98 Å². The van der Waals surface area contributed by atoms with Crippen LogP contribution in [-0.4, -0.2) is 61.8 Å². The van der Waals surface area contributed by atoms with Crippen molar-refractivity contribution in [2.75, 3.05) is 26.2 Å². The Morgan fingerprint density at radius 2 is 1.96 bits per heavy atom. The van der Waals surface area contributed by atoms with E-state index in [0.29, 0.717) is 11.6 Å². The van der Waals surface area contributed by atoms with E-state index in [1.54, 1.807) is 12.4 Å². The number of fused-ring (bicyclic) bond motifs is 2. The summed E-state index contributed by atoms with van der Waals surface area (Å²) in [7, 11) is 0. The normalized spacial score (nSPS) is 19.5. The first-order valence-corrected chi connectivity index (χ1v) is 9.85. The monoisotopic (exact) mass is 368 g/mol. The van der Waals surface area contributed by atoms with Gasteiger partial charge in [0.25, 0.3) is 5.91 Å². The number of carbonyl (C=O) groups excluding carboxylic acids is 1. The molecule has 2 aliphatic heterocycles. The smallest absolute Gasteiger partial charge is 0.274 e. The van der Waals surface area contributed by atoms with E-state index in [1.165, 1.54) is 11.4 Å². The standard InChI is InChI=1S/C20H28N6O/c1-14(2)12-26-7-4-16-18(24-13-23-16)20(26)5-8-25(9-6-20)19(27)17-11-21-15(3)10-22-17/h10-11,13-14H,4-9,12H2,1-3H3,(H,23,24). The van der Waals surface area contributed by atoms with E-state index in [9.17, 15) is 4.79 Å². The van der Waals surface area contributed by atoms with E-state index in [2.05, 4.69) is 33.7 Å². The quantitative estimate of drug-likeness (QED) is 0.898. The number of imidazole rings is 1. The maximum Gasteiger partial charge on any atom is 0.274 e. The van der Waals surface area contributed by atoms with Crippen LogP contribution in [-0.2, 0) is 12.0 Å². The molecule has 1 amide bonds. The molecule has 1 saturated heterocycles. The van der Waals surface area contributed by atoms with E-state index in [-0.39, 0.29) is 11.4 Å². The summed E-state index contributed by atoms with van der Waals surface area (Å²) in [5.74, 6) is 0.579. The maximum absolute atomic E-state index is 12.8. The Labute approximate surface area is 160 Å². The summed E-state index contributed by atoms with van der Waals surface area (Å²) < 4.78 is 0. The Morgan fingerprint density at radius 3 is 2.63 bits per heavy atom. The van der Waals surface area contributed by atoms with E-state index < -0.39 is 0 Å². The zero-order valence-corrected chi connectivity index (χ0v) is 16.4. The Bertz CT molecular complexity index is 804. The third-order valence-electron chi connectivity index (χ3n) is 5.86. The third-order valence-corrected chi connectivity index (χ3v) is 5.86. The summed E-state index contributed by atoms with van der Waals surface area (Å²) in [4.78, 5) is 33.9. The molecule has 2 aromatic rings. The molecule has 4 rings (SSSR count). The van der Waals surface area contributed by atoms with Crippen LogP contribution in [0.15, 0.2) is 18.7 Å². The third kappa shape index (κ3) is 3.25. The molecule has 2 aromatic heterocycles. The van der Waals surface area contributed by atoms with Crippen molar-refractivity contribution >= 4 is 5.91 Å². The van der Waals surface area contributed by atoms with Gasteiger partial charge in [0.15, 0.2) is 0 Å². The van der Waals surface area contributed by atoms with Gasteiger partial charge in [-0.05, 0) is 25.7 Å². The van der Waals surface area contributed by atoms with Crippen molar-refractivity contribution in [3.63, 3.8) is 0 Å². The van der Waals surface area contributed by atoms with Crippen molar-refractivity contribution in [2.45, 2.75) is 45.6 Å². The highest BCUT2D eigenvalue weighted by atomic mass is 16.2. The van der Waals surface area contributed by atoms with Crippen LogP contribution in [0.4, 0.5) is 0 Å². The van der Waals surface area contributed by atoms with Crippen molar-refractivity contribution in [1.82, 2.24) is 29.7 Å². The first-order valence-electron chi connectivity index (χ1n) is 9.85. The molecule has 0 atom stereocenters. The second-order valence-electron chi connectivity index (χ2n) is 8.19. The molecule has 144 valence electrons. The number of aryl methyl sites for hydroxylation is 1. The molecule has 1 spiro atoms. The van der Waals surface area contributed by atoms with Crippen LogP contribution in [0, 0.1) is 12.8 Å². The second kappa shape index (κ2) is 7.03. The van der Waals surface area contributed by atoms with Gasteiger partial charge in [0.1, 0.15) is 5.69 Å². The van der Waals surface area contributed by atoms with Crippen LogP contribution in [0.2, 0.25) is 0 Å². The molecule has 4 heterocycles. The molecule has 1 N–H and O–H groups in total. The maximum atomic E-state index is 12.8. The number of nitrogens with zero attached hydrogens (tertiary/aromatic N) is 5. The summed E-state index contributed by atoms with van der Waals surface area (Å²) >= 11 is 0. The predicted octanol–water partition coefficient (Wildman–Crippen LogP) is 2.15. The fraction of sp³-hybridized carbons (Fsp3) is 0.600. The zero-order valence-electron chi connectivity index (χ0n) is 16.4. The predicted molar refractivity (Wildman–Crippen MR) is 102 cm³/mol. The van der Waals surface area contributed by atoms with Gasteiger partial charge in [0.2, 0.25) is 0 Å². The molecule has 1 fully saturated rings. The molecule has 0 aliphatic carbocycles. The Hall–Kier alpha value is -2.28. The van der Waals surface area contributed by atoms with Crippen molar-refractivity contribution < 1.29 is 4.79 Å². The van der Waals surface area contributed by atoms with Crippen LogP contribution in [0.3, 0.4) is 0 Å². The topological polar surface area (TPSA) is 78.0 Å². The minimum atomic E-state index is -0.0619. The van der Waals surface area contributed by atoms with Gasteiger partial charge < -0.3 is 9.88 Å². The lowest BCUT2D eigenvalue weighted by Crippen LogP contribution is -2.57. The largest absolute Gasteiger partial charge is 0.348 e. The molecule has 2 aliphatic rings. The highest BCUT2D eigenvalue weighted by Crippen LogP contribution is 2.42. The van der Waals surface area contributed by atoms with E-state index in [1.807, 2.05) is 18.2 Å². The fourth-order valence-corrected chi connectivity index (χ4v) is 4.53. The number of hydrogen-bond acceptors (Lipinski definition) is 5. The number of piperidine rings is 1. The van der Waals surface area contributed by atoms with Crippen LogP contribution in [0.1, 0.15) is 54.3 Å². The van der Waals surface area contributed by atoms with Gasteiger partial charge >= 0.3 is 0 Å². The summed E-state index contributed by atoms with van der Waals surface area (Å²) in [5.41, 5.74) is 3.64. The number of aromatic amines is 1. The van der Waals surface area contributed by atoms with Crippen LogP contribution >= 0.6 is 0 Å². The molecule has 0 radical (unpaired) electrons. The van der Waals surface area contributed by atoms with E-state index >= 15 is 0 Å². The summed E-state index contributed by atoms with van der Waals surface area (Å²) in [6, 6.07) is 0. The van der Waals surface area contributed by atoms with E-state index in [0.717, 1.165) is 51.1 Å². The molecule has 7 heteroatoms. The van der Waals surface area contributed by atoms with Crippen LogP contribution in [0.25, 0.3) is 0 Å². The number of rotatable bonds is 3. The number of amides is 1. The number of carbonyl (C=O) groups is 1. The average molecular weight is 368 g/mol. The van der Waals surface area contributed by atoms with Gasteiger partial charge in [0, 0.05) is 44.5 Å². The zero-order chi connectivity index (χ0) is 19.0. The SMILES string of the molecule is Cc1cnc(C(=O)N2CCC3(CC2)c2nc[nH]c2CCN3CC(C)C)cn1. The van der Waals surface area contributed by atoms with Crippen molar-refractivity contribution in [1.29, 1.82) is 0 Å². The van der Waals surface area contributed by atoms with Crippen molar-refractivity contribution in [2.24, 2.45) is 5.92 Å². The first kappa shape index (κ1) is 18.1. The van der Waals surface area contributed by atoms with Gasteiger partial charge in [-0.2, -0.15) is 0 Å². The summed E-state index contributed by atoms with van der Waals surface area (Å²) in [6.45, 7) is 9.95. The number of nitrogens with one attached hydrogen (secondary N) is 1. The van der Waals surface area contributed by atoms with Gasteiger partial charge in [0.05, 0.1) is 29.5 Å². The van der Waals surface area contributed by atoms with Gasteiger partial charge in [-0.1, -0.05) is 13.8 Å². The number of hydrogen-bond donors (Lipinski definition) is 1. The highest BCUT2D eigenvalue weighted by molar-refractivity contribution is 5.92. The lowest BCUT2D eigenvalue weighted by molar-refractivity contribution is 0.000446. The molecule has 0 unspecified atom stereocenters. The summed E-state index contributed by atoms with van der Waals surface area (Å²) in [5, 5.41) is 0. The molecular formula is C20H28N6O. The van der Waals surface area contributed by atoms with Crippen LogP contribution < -0.4 is 0 Å². The molecule has 27 heavy (non-hydrogen) atoms. The minimum absolute atomic E-state index is 0.0224. The molecule has 0 bridgehead atoms. The minimum Gasteiger partial charge on any atom is -0.348 e. The highest BCUT2D eigenvalue weighted by Gasteiger charge is 2.47. The lowest BCUT2D eigenvalue weighted by atomic mass is 9.78. The van der Waals surface area contributed by atoms with Crippen molar-refractivity contribution in [3.05, 3.63) is 41.5 Å². The Morgan fingerprint density at radius 1 is 1.19 bits per heavy atom. The molecule has 7 nitrogen and oxygen atoms in total. The Balaban J connectivity index is 1.55. The lowest BCUT2D eigenvalue weighted by Gasteiger charge is -2.51. The Kier molecular flexibility index (Phi) is 4.72.